The number of carbonyl (C=O) groups is 1. The highest BCUT2D eigenvalue weighted by atomic mass is 35.5. The average molecular weight is 388 g/mol. The van der Waals surface area contributed by atoms with Crippen LogP contribution in [0.1, 0.15) is 0 Å². The molecule has 2 aromatic carbocycles. The number of amides is 1. The van der Waals surface area contributed by atoms with Gasteiger partial charge in [-0.3, -0.25) is 9.69 Å². The average Bonchev–Trinajstić information content (AvgIpc) is 2.68. The maximum atomic E-state index is 13.3. The number of carbonyl (C=O) groups excluding carboxylic acids is 1. The van der Waals surface area contributed by atoms with Crippen LogP contribution in [0.3, 0.4) is 0 Å². The lowest BCUT2D eigenvalue weighted by Gasteiger charge is -2.22. The second kappa shape index (κ2) is 8.46. The van der Waals surface area contributed by atoms with Gasteiger partial charge in [0.1, 0.15) is 34.6 Å². The molecule has 1 aromatic heterocycles. The van der Waals surface area contributed by atoms with Crippen LogP contribution in [0.5, 0.6) is 11.5 Å². The van der Waals surface area contributed by atoms with Gasteiger partial charge in [0.15, 0.2) is 6.61 Å². The van der Waals surface area contributed by atoms with E-state index in [1.54, 1.807) is 31.4 Å². The predicted molar refractivity (Wildman–Crippen MR) is 99.1 cm³/mol. The zero-order valence-corrected chi connectivity index (χ0v) is 15.1. The summed E-state index contributed by atoms with van der Waals surface area (Å²) in [6.07, 6.45) is 1.24. The number of anilines is 2. The molecule has 8 heteroatoms. The third kappa shape index (κ3) is 4.71. The van der Waals surface area contributed by atoms with Crippen molar-refractivity contribution in [3.8, 4) is 11.5 Å². The van der Waals surface area contributed by atoms with Crippen LogP contribution in [-0.2, 0) is 4.79 Å². The molecule has 0 unspecified atom stereocenters. The van der Waals surface area contributed by atoms with E-state index in [0.29, 0.717) is 17.2 Å². The highest BCUT2D eigenvalue weighted by Crippen LogP contribution is 2.26. The number of methoxy groups -OCH3 is 1. The van der Waals surface area contributed by atoms with Gasteiger partial charge in [0.05, 0.1) is 12.8 Å². The minimum atomic E-state index is -0.415. The van der Waals surface area contributed by atoms with E-state index in [9.17, 15) is 9.18 Å². The Morgan fingerprint density at radius 3 is 2.37 bits per heavy atom. The smallest absolute Gasteiger partial charge is 0.270 e. The van der Waals surface area contributed by atoms with Gasteiger partial charge >= 0.3 is 0 Å². The molecule has 3 rings (SSSR count). The van der Waals surface area contributed by atoms with Gasteiger partial charge in [-0.2, -0.15) is 0 Å². The van der Waals surface area contributed by atoms with Crippen LogP contribution in [-0.4, -0.2) is 29.6 Å². The Kier molecular flexibility index (Phi) is 5.83. The zero-order chi connectivity index (χ0) is 19.2. The summed E-state index contributed by atoms with van der Waals surface area (Å²) in [6.45, 7) is -0.259. The lowest BCUT2D eigenvalue weighted by molar-refractivity contribution is -0.119. The third-order valence-electron chi connectivity index (χ3n) is 3.60. The third-order valence-corrected chi connectivity index (χ3v) is 3.81. The van der Waals surface area contributed by atoms with Crippen molar-refractivity contribution >= 4 is 29.0 Å². The van der Waals surface area contributed by atoms with Crippen molar-refractivity contribution in [2.45, 2.75) is 0 Å². The van der Waals surface area contributed by atoms with E-state index in [1.807, 2.05) is 0 Å². The van der Waals surface area contributed by atoms with Crippen molar-refractivity contribution in [2.75, 3.05) is 18.6 Å². The van der Waals surface area contributed by atoms with Crippen LogP contribution in [0.4, 0.5) is 15.9 Å². The van der Waals surface area contributed by atoms with Crippen molar-refractivity contribution in [3.05, 3.63) is 71.9 Å². The fourth-order valence-electron chi connectivity index (χ4n) is 2.32. The van der Waals surface area contributed by atoms with E-state index in [1.165, 1.54) is 41.6 Å². The molecule has 0 aliphatic rings. The summed E-state index contributed by atoms with van der Waals surface area (Å²) in [5.74, 6) is 0.611. The fourth-order valence-corrected chi connectivity index (χ4v) is 2.46. The summed E-state index contributed by atoms with van der Waals surface area (Å²) in [5.41, 5.74) is 0.425. The van der Waals surface area contributed by atoms with Crippen LogP contribution in [0.2, 0.25) is 5.15 Å². The van der Waals surface area contributed by atoms with Crippen LogP contribution in [0, 0.1) is 5.82 Å². The first-order valence-corrected chi connectivity index (χ1v) is 8.27. The Morgan fingerprint density at radius 2 is 1.74 bits per heavy atom. The summed E-state index contributed by atoms with van der Waals surface area (Å²) in [4.78, 5) is 22.0. The molecule has 0 radical (unpaired) electrons. The number of aromatic nitrogens is 2. The Bertz CT molecular complexity index is 920. The second-order valence-electron chi connectivity index (χ2n) is 5.37. The number of rotatable bonds is 6. The van der Waals surface area contributed by atoms with Gasteiger partial charge in [0, 0.05) is 6.07 Å². The topological polar surface area (TPSA) is 64.6 Å². The van der Waals surface area contributed by atoms with E-state index >= 15 is 0 Å². The Labute approximate surface area is 160 Å². The first-order chi connectivity index (χ1) is 13.1. The molecule has 1 amide bonds. The monoisotopic (exact) mass is 387 g/mol. The molecular formula is C19H15ClFN3O3. The van der Waals surface area contributed by atoms with Gasteiger partial charge in [-0.1, -0.05) is 11.6 Å². The molecule has 0 spiro atoms. The summed E-state index contributed by atoms with van der Waals surface area (Å²) in [6, 6.07) is 13.7. The van der Waals surface area contributed by atoms with Crippen molar-refractivity contribution in [3.63, 3.8) is 0 Å². The molecule has 0 N–H and O–H groups in total. The van der Waals surface area contributed by atoms with Gasteiger partial charge in [-0.25, -0.2) is 14.4 Å². The highest BCUT2D eigenvalue weighted by Gasteiger charge is 2.20. The minimum Gasteiger partial charge on any atom is -0.497 e. The number of ether oxygens (including phenoxy) is 2. The van der Waals surface area contributed by atoms with E-state index in [-0.39, 0.29) is 17.6 Å². The maximum Gasteiger partial charge on any atom is 0.270 e. The molecule has 138 valence electrons. The lowest BCUT2D eigenvalue weighted by Crippen LogP contribution is -2.31. The molecule has 6 nitrogen and oxygen atoms in total. The molecule has 0 atom stereocenters. The molecule has 27 heavy (non-hydrogen) atoms. The van der Waals surface area contributed by atoms with Gasteiger partial charge < -0.3 is 9.47 Å². The van der Waals surface area contributed by atoms with Crippen LogP contribution in [0.15, 0.2) is 60.9 Å². The predicted octanol–water partition coefficient (Wildman–Crippen LogP) is 4.02. The van der Waals surface area contributed by atoms with Gasteiger partial charge in [0.25, 0.3) is 5.91 Å². The highest BCUT2D eigenvalue weighted by molar-refractivity contribution is 6.29. The molecule has 1 heterocycles. The molecule has 3 aromatic rings. The normalized spacial score (nSPS) is 10.3. The lowest BCUT2D eigenvalue weighted by atomic mass is 10.2. The minimum absolute atomic E-state index is 0.177. The van der Waals surface area contributed by atoms with Crippen LogP contribution in [0.25, 0.3) is 0 Å². The van der Waals surface area contributed by atoms with E-state index in [2.05, 4.69) is 9.97 Å². The molecule has 0 aliphatic carbocycles. The summed E-state index contributed by atoms with van der Waals surface area (Å²) in [5, 5.41) is 0.177. The van der Waals surface area contributed by atoms with Gasteiger partial charge in [-0.15, -0.1) is 0 Å². The van der Waals surface area contributed by atoms with Gasteiger partial charge in [-0.05, 0) is 48.5 Å². The molecule has 0 saturated carbocycles. The Balaban J connectivity index is 1.82. The number of hydrogen-bond acceptors (Lipinski definition) is 5. The summed E-state index contributed by atoms with van der Waals surface area (Å²) in [7, 11) is 1.56. The Hall–Kier alpha value is -3.19. The molecule has 0 fully saturated rings. The Morgan fingerprint density at radius 1 is 1.07 bits per heavy atom. The van der Waals surface area contributed by atoms with E-state index in [4.69, 9.17) is 21.1 Å². The number of benzene rings is 2. The molecule has 0 bridgehead atoms. The van der Waals surface area contributed by atoms with Crippen LogP contribution < -0.4 is 14.4 Å². The van der Waals surface area contributed by atoms with Crippen molar-refractivity contribution in [1.29, 1.82) is 0 Å². The quantitative estimate of drug-likeness (QED) is 0.598. The van der Waals surface area contributed by atoms with Gasteiger partial charge in [0.2, 0.25) is 0 Å². The van der Waals surface area contributed by atoms with E-state index in [0.717, 1.165) is 0 Å². The zero-order valence-electron chi connectivity index (χ0n) is 14.3. The van der Waals surface area contributed by atoms with Crippen molar-refractivity contribution in [2.24, 2.45) is 0 Å². The fraction of sp³-hybridized carbons (Fsp3) is 0.105. The van der Waals surface area contributed by atoms with E-state index < -0.39 is 11.7 Å². The first kappa shape index (κ1) is 18.6. The maximum absolute atomic E-state index is 13.3. The summed E-state index contributed by atoms with van der Waals surface area (Å²) < 4.78 is 23.9. The SMILES string of the molecule is COc1ccc(OCC(=O)N(c2ccc(F)cc2)c2cc(Cl)ncn2)cc1. The van der Waals surface area contributed by atoms with Crippen LogP contribution >= 0.6 is 11.6 Å². The number of halogens is 2. The van der Waals surface area contributed by atoms with Crippen molar-refractivity contribution < 1.29 is 18.7 Å². The van der Waals surface area contributed by atoms with Crippen molar-refractivity contribution in [1.82, 2.24) is 9.97 Å². The first-order valence-electron chi connectivity index (χ1n) is 7.90. The molecular weight excluding hydrogens is 373 g/mol. The number of hydrogen-bond donors (Lipinski definition) is 0. The molecule has 0 saturated heterocycles. The summed E-state index contributed by atoms with van der Waals surface area (Å²) >= 11 is 5.92. The molecule has 0 aliphatic heterocycles. The second-order valence-corrected chi connectivity index (χ2v) is 5.76. The standard InChI is InChI=1S/C19H15ClFN3O3/c1-26-15-6-8-16(9-7-15)27-11-19(25)24(14-4-2-13(21)3-5-14)18-10-17(20)22-12-23-18/h2-10,12H,11H2,1H3. The largest absolute Gasteiger partial charge is 0.497 e. The number of nitrogens with zero attached hydrogens (tertiary/aromatic N) is 3.